The minimum absolute atomic E-state index is 0.0407. The monoisotopic (exact) mass is 421 g/mol. The topological polar surface area (TPSA) is 38.1 Å². The van der Waals surface area contributed by atoms with Gasteiger partial charge in [0.15, 0.2) is 0 Å². The lowest BCUT2D eigenvalue weighted by molar-refractivity contribution is -0.132. The summed E-state index contributed by atoms with van der Waals surface area (Å²) in [4.78, 5) is 15.7. The van der Waals surface area contributed by atoms with E-state index in [1.165, 1.54) is 22.3 Å². The lowest BCUT2D eigenvalue weighted by atomic mass is 9.84. The lowest BCUT2D eigenvalue weighted by Crippen LogP contribution is -2.39. The lowest BCUT2D eigenvalue weighted by Gasteiger charge is -2.35. The quantitative estimate of drug-likeness (QED) is 0.449. The van der Waals surface area contributed by atoms with Gasteiger partial charge in [0, 0.05) is 44.6 Å². The van der Waals surface area contributed by atoms with Gasteiger partial charge in [0.25, 0.3) is 0 Å². The molecule has 4 heteroatoms. The second-order valence-corrected chi connectivity index (χ2v) is 8.55. The summed E-state index contributed by atoms with van der Waals surface area (Å²) in [6, 6.07) is 29.2. The average molecular weight is 422 g/mol. The number of hydrogen-bond acceptors (Lipinski definition) is 2. The third-order valence-corrected chi connectivity index (χ3v) is 6.46. The van der Waals surface area contributed by atoms with Crippen LogP contribution in [0.15, 0.2) is 97.3 Å². The Labute approximate surface area is 189 Å². The highest BCUT2D eigenvalue weighted by atomic mass is 16.2. The van der Waals surface area contributed by atoms with Crippen LogP contribution in [0.25, 0.3) is 0 Å². The van der Waals surface area contributed by atoms with E-state index in [-0.39, 0.29) is 17.7 Å². The molecule has 2 heterocycles. The molecule has 1 aliphatic rings. The first-order chi connectivity index (χ1) is 15.7. The predicted octanol–water partition coefficient (Wildman–Crippen LogP) is 5.12. The van der Waals surface area contributed by atoms with Crippen LogP contribution >= 0.6 is 0 Å². The third kappa shape index (κ3) is 4.09. The number of rotatable bonds is 5. The van der Waals surface area contributed by atoms with E-state index in [0.717, 1.165) is 5.56 Å². The molecule has 160 valence electrons. The van der Waals surface area contributed by atoms with Crippen LogP contribution in [0.5, 0.6) is 0 Å². The molecule has 0 saturated carbocycles. The summed E-state index contributed by atoms with van der Waals surface area (Å²) in [6.45, 7) is 1.33. The number of nitrogens with zero attached hydrogens (tertiary/aromatic N) is 3. The number of hydrogen-bond donors (Lipinski definition) is 0. The maximum Gasteiger partial charge on any atom is 0.223 e. The van der Waals surface area contributed by atoms with E-state index < -0.39 is 0 Å². The summed E-state index contributed by atoms with van der Waals surface area (Å²) in [5, 5.41) is 4.38. The first kappa shape index (κ1) is 20.3. The van der Waals surface area contributed by atoms with Gasteiger partial charge in [-0.05, 0) is 27.8 Å². The highest BCUT2D eigenvalue weighted by Crippen LogP contribution is 2.35. The van der Waals surface area contributed by atoms with Gasteiger partial charge < -0.3 is 4.90 Å². The largest absolute Gasteiger partial charge is 0.337 e. The number of benzene rings is 3. The highest BCUT2D eigenvalue weighted by molar-refractivity contribution is 5.78. The van der Waals surface area contributed by atoms with Crippen LogP contribution in [0, 0.1) is 0 Å². The van der Waals surface area contributed by atoms with Crippen molar-refractivity contribution in [2.24, 2.45) is 7.05 Å². The van der Waals surface area contributed by atoms with Crippen LogP contribution in [0.3, 0.4) is 0 Å². The zero-order valence-corrected chi connectivity index (χ0v) is 18.3. The number of carbonyl (C=O) groups is 1. The van der Waals surface area contributed by atoms with Crippen LogP contribution in [0.2, 0.25) is 0 Å². The highest BCUT2D eigenvalue weighted by Gasteiger charge is 2.31. The van der Waals surface area contributed by atoms with E-state index >= 15 is 0 Å². The van der Waals surface area contributed by atoms with Crippen LogP contribution in [-0.4, -0.2) is 27.1 Å². The van der Waals surface area contributed by atoms with E-state index in [0.29, 0.717) is 19.5 Å². The summed E-state index contributed by atoms with van der Waals surface area (Å²) < 4.78 is 1.83. The maximum absolute atomic E-state index is 13.7. The Morgan fingerprint density at radius 1 is 0.938 bits per heavy atom. The molecular weight excluding hydrogens is 394 g/mol. The van der Waals surface area contributed by atoms with Gasteiger partial charge in [0.1, 0.15) is 0 Å². The smallest absolute Gasteiger partial charge is 0.223 e. The summed E-state index contributed by atoms with van der Waals surface area (Å²) in [6.07, 6.45) is 4.44. The molecule has 0 fully saturated rings. The molecule has 4 nitrogen and oxygen atoms in total. The first-order valence-corrected chi connectivity index (χ1v) is 11.1. The summed E-state index contributed by atoms with van der Waals surface area (Å²) in [5.74, 6) is 0.370. The van der Waals surface area contributed by atoms with Crippen molar-refractivity contribution in [3.8, 4) is 0 Å². The van der Waals surface area contributed by atoms with Crippen LogP contribution in [0.1, 0.15) is 46.1 Å². The molecule has 0 N–H and O–H groups in total. The Morgan fingerprint density at radius 3 is 2.19 bits per heavy atom. The second kappa shape index (κ2) is 8.83. The van der Waals surface area contributed by atoms with E-state index in [2.05, 4.69) is 59.8 Å². The molecule has 0 saturated heterocycles. The SMILES string of the molecule is Cn1cc(C2CN(C(=O)CC(c3ccccc3)c3ccccc3)Cc3ccccc32)cn1. The van der Waals surface area contributed by atoms with E-state index in [1.807, 2.05) is 59.2 Å². The van der Waals surface area contributed by atoms with Gasteiger partial charge in [-0.3, -0.25) is 9.48 Å². The fourth-order valence-electron chi connectivity index (χ4n) is 4.80. The minimum atomic E-state index is 0.0407. The number of aryl methyl sites for hydroxylation is 1. The molecular formula is C28H27N3O. The Kier molecular flexibility index (Phi) is 5.59. The Hall–Kier alpha value is -3.66. The van der Waals surface area contributed by atoms with Gasteiger partial charge in [-0.2, -0.15) is 5.10 Å². The molecule has 0 radical (unpaired) electrons. The van der Waals surface area contributed by atoms with Crippen LogP contribution < -0.4 is 0 Å². The summed E-state index contributed by atoms with van der Waals surface area (Å²) in [7, 11) is 1.94. The molecule has 0 aliphatic carbocycles. The molecule has 1 unspecified atom stereocenters. The molecule has 1 amide bonds. The van der Waals surface area contributed by atoms with Crippen molar-refractivity contribution < 1.29 is 4.79 Å². The first-order valence-electron chi connectivity index (χ1n) is 11.1. The van der Waals surface area contributed by atoms with Crippen molar-refractivity contribution in [2.75, 3.05) is 6.54 Å². The zero-order chi connectivity index (χ0) is 21.9. The Balaban J connectivity index is 1.44. The van der Waals surface area contributed by atoms with Gasteiger partial charge in [0.05, 0.1) is 6.20 Å². The normalized spacial score (nSPS) is 15.6. The average Bonchev–Trinajstić information content (AvgIpc) is 3.28. The molecule has 3 aromatic carbocycles. The zero-order valence-electron chi connectivity index (χ0n) is 18.3. The van der Waals surface area contributed by atoms with Gasteiger partial charge >= 0.3 is 0 Å². The van der Waals surface area contributed by atoms with Crippen molar-refractivity contribution in [3.63, 3.8) is 0 Å². The summed E-state index contributed by atoms with van der Waals surface area (Å²) >= 11 is 0. The molecule has 0 spiro atoms. The van der Waals surface area contributed by atoms with E-state index in [4.69, 9.17) is 0 Å². The number of fused-ring (bicyclic) bond motifs is 1. The van der Waals surface area contributed by atoms with Crippen molar-refractivity contribution in [1.82, 2.24) is 14.7 Å². The fourth-order valence-corrected chi connectivity index (χ4v) is 4.80. The maximum atomic E-state index is 13.7. The van der Waals surface area contributed by atoms with Gasteiger partial charge in [-0.1, -0.05) is 84.9 Å². The fraction of sp³-hybridized carbons (Fsp3) is 0.214. The van der Waals surface area contributed by atoms with Gasteiger partial charge in [0.2, 0.25) is 5.91 Å². The standard InChI is InChI=1S/C28H27N3O/c1-30-18-24(17-29-30)27-20-31(19-23-14-8-9-15-25(23)27)28(32)16-26(21-10-4-2-5-11-21)22-12-6-3-7-13-22/h2-15,17-18,26-27H,16,19-20H2,1H3. The number of carbonyl (C=O) groups excluding carboxylic acids is 1. The van der Waals surface area contributed by atoms with E-state index in [1.54, 1.807) is 0 Å². The van der Waals surface area contributed by atoms with Crippen LogP contribution in [0.4, 0.5) is 0 Å². The van der Waals surface area contributed by atoms with Gasteiger partial charge in [-0.25, -0.2) is 0 Å². The molecule has 1 atom stereocenters. The van der Waals surface area contributed by atoms with Crippen LogP contribution in [-0.2, 0) is 18.4 Å². The van der Waals surface area contributed by atoms with E-state index in [9.17, 15) is 4.79 Å². The molecule has 5 rings (SSSR count). The molecule has 0 bridgehead atoms. The van der Waals surface area contributed by atoms with Crippen molar-refractivity contribution >= 4 is 5.91 Å². The summed E-state index contributed by atoms with van der Waals surface area (Å²) in [5.41, 5.74) is 6.02. The molecule has 1 aromatic heterocycles. The molecule has 1 aliphatic heterocycles. The number of amides is 1. The molecule has 32 heavy (non-hydrogen) atoms. The Morgan fingerprint density at radius 2 is 1.56 bits per heavy atom. The molecule has 4 aromatic rings. The number of aromatic nitrogens is 2. The third-order valence-electron chi connectivity index (χ3n) is 6.46. The Bertz CT molecular complexity index is 1160. The van der Waals surface area contributed by atoms with Crippen molar-refractivity contribution in [1.29, 1.82) is 0 Å². The second-order valence-electron chi connectivity index (χ2n) is 8.55. The van der Waals surface area contributed by atoms with Crippen molar-refractivity contribution in [2.45, 2.75) is 24.8 Å². The predicted molar refractivity (Wildman–Crippen MR) is 126 cm³/mol. The minimum Gasteiger partial charge on any atom is -0.337 e. The van der Waals surface area contributed by atoms with Crippen molar-refractivity contribution in [3.05, 3.63) is 125 Å². The van der Waals surface area contributed by atoms with Gasteiger partial charge in [-0.15, -0.1) is 0 Å².